The van der Waals surface area contributed by atoms with Crippen LogP contribution in [0, 0.1) is 6.92 Å². The Morgan fingerprint density at radius 1 is 1.55 bits per heavy atom. The minimum atomic E-state index is 0.503. The van der Waals surface area contributed by atoms with Crippen LogP contribution in [0.25, 0.3) is 5.65 Å². The van der Waals surface area contributed by atoms with Crippen LogP contribution in [0.1, 0.15) is 5.69 Å². The normalized spacial score (nSPS) is 10.6. The van der Waals surface area contributed by atoms with Crippen molar-refractivity contribution < 1.29 is 0 Å². The number of hydrogen-bond donors (Lipinski definition) is 1. The molecule has 0 spiro atoms. The first-order valence-corrected chi connectivity index (χ1v) is 3.34. The molecular weight excluding hydrogens is 140 g/mol. The van der Waals surface area contributed by atoms with Crippen LogP contribution in [-0.4, -0.2) is 14.6 Å². The summed E-state index contributed by atoms with van der Waals surface area (Å²) in [7, 11) is 0. The average molecular weight is 148 g/mol. The van der Waals surface area contributed by atoms with Crippen LogP contribution in [0.2, 0.25) is 0 Å². The summed E-state index contributed by atoms with van der Waals surface area (Å²) in [5, 5.41) is 3.99. The van der Waals surface area contributed by atoms with Gasteiger partial charge in [-0.15, -0.1) is 5.10 Å². The van der Waals surface area contributed by atoms with E-state index in [1.807, 2.05) is 19.2 Å². The molecule has 0 radical (unpaired) electrons. The zero-order chi connectivity index (χ0) is 7.84. The van der Waals surface area contributed by atoms with Gasteiger partial charge in [0.2, 0.25) is 0 Å². The van der Waals surface area contributed by atoms with E-state index in [-0.39, 0.29) is 0 Å². The molecule has 0 fully saturated rings. The van der Waals surface area contributed by atoms with Gasteiger partial charge >= 0.3 is 0 Å². The van der Waals surface area contributed by atoms with E-state index in [9.17, 15) is 0 Å². The van der Waals surface area contributed by atoms with Crippen molar-refractivity contribution in [3.05, 3.63) is 24.0 Å². The number of fused-ring (bicyclic) bond motifs is 1. The first kappa shape index (κ1) is 6.15. The fourth-order valence-corrected chi connectivity index (χ4v) is 0.993. The number of aromatic nitrogens is 3. The number of hydrogen-bond acceptors (Lipinski definition) is 3. The fraction of sp³-hybridized carbons (Fsp3) is 0.143. The summed E-state index contributed by atoms with van der Waals surface area (Å²) in [5.74, 6) is 0.503. The van der Waals surface area contributed by atoms with Crippen molar-refractivity contribution in [3.8, 4) is 0 Å². The molecule has 2 N–H and O–H groups in total. The van der Waals surface area contributed by atoms with Gasteiger partial charge < -0.3 is 5.73 Å². The van der Waals surface area contributed by atoms with Crippen LogP contribution in [0.3, 0.4) is 0 Å². The number of nitrogen functional groups attached to an aromatic ring is 1. The molecule has 11 heavy (non-hydrogen) atoms. The maximum absolute atomic E-state index is 5.47. The Morgan fingerprint density at radius 2 is 2.36 bits per heavy atom. The predicted octanol–water partition coefficient (Wildman–Crippen LogP) is 0.620. The highest BCUT2D eigenvalue weighted by Crippen LogP contribution is 2.04. The zero-order valence-corrected chi connectivity index (χ0v) is 6.15. The molecule has 0 aliphatic carbocycles. The first-order valence-electron chi connectivity index (χ1n) is 3.34. The molecule has 56 valence electrons. The van der Waals surface area contributed by atoms with E-state index >= 15 is 0 Å². The van der Waals surface area contributed by atoms with Crippen molar-refractivity contribution in [2.24, 2.45) is 0 Å². The van der Waals surface area contributed by atoms with Gasteiger partial charge in [0.05, 0.1) is 0 Å². The van der Waals surface area contributed by atoms with Gasteiger partial charge in [0.25, 0.3) is 0 Å². The summed E-state index contributed by atoms with van der Waals surface area (Å²) in [5.41, 5.74) is 7.23. The smallest absolute Gasteiger partial charge is 0.157 e. The molecule has 0 saturated heterocycles. The molecule has 2 heterocycles. The van der Waals surface area contributed by atoms with Crippen molar-refractivity contribution in [2.45, 2.75) is 6.92 Å². The molecule has 2 aromatic heterocycles. The van der Waals surface area contributed by atoms with Gasteiger partial charge in [0.1, 0.15) is 5.82 Å². The zero-order valence-electron chi connectivity index (χ0n) is 6.15. The van der Waals surface area contributed by atoms with Gasteiger partial charge in [0.15, 0.2) is 5.65 Å². The molecule has 2 aromatic rings. The highest BCUT2D eigenvalue weighted by Gasteiger charge is 1.97. The molecule has 0 saturated carbocycles. The molecule has 0 bridgehead atoms. The number of nitrogens with two attached hydrogens (primary N) is 1. The van der Waals surface area contributed by atoms with Gasteiger partial charge in [-0.25, -0.2) is 9.50 Å². The number of nitrogens with zero attached hydrogens (tertiary/aromatic N) is 3. The SMILES string of the molecule is Cc1ccn2nc(N)cc2n1. The van der Waals surface area contributed by atoms with Crippen molar-refractivity contribution in [3.63, 3.8) is 0 Å². The van der Waals surface area contributed by atoms with Gasteiger partial charge in [-0.05, 0) is 13.0 Å². The highest BCUT2D eigenvalue weighted by molar-refractivity contribution is 5.47. The lowest BCUT2D eigenvalue weighted by Crippen LogP contribution is -1.91. The Labute approximate surface area is 63.7 Å². The van der Waals surface area contributed by atoms with Gasteiger partial charge in [-0.3, -0.25) is 0 Å². The van der Waals surface area contributed by atoms with Crippen molar-refractivity contribution in [1.82, 2.24) is 14.6 Å². The van der Waals surface area contributed by atoms with Gasteiger partial charge in [-0.1, -0.05) is 0 Å². The average Bonchev–Trinajstić information content (AvgIpc) is 2.27. The molecule has 4 nitrogen and oxygen atoms in total. The van der Waals surface area contributed by atoms with Gasteiger partial charge in [-0.2, -0.15) is 0 Å². The quantitative estimate of drug-likeness (QED) is 0.595. The lowest BCUT2D eigenvalue weighted by Gasteiger charge is -1.91. The van der Waals surface area contributed by atoms with Crippen LogP contribution in [0.4, 0.5) is 5.82 Å². The second-order valence-electron chi connectivity index (χ2n) is 2.44. The molecule has 4 heteroatoms. The number of anilines is 1. The maximum atomic E-state index is 5.47. The summed E-state index contributed by atoms with van der Waals surface area (Å²) < 4.78 is 1.66. The molecule has 0 atom stereocenters. The summed E-state index contributed by atoms with van der Waals surface area (Å²) in [6.07, 6.45) is 1.84. The molecule has 0 amide bonds. The molecule has 0 aromatic carbocycles. The standard InChI is InChI=1S/C7H8N4/c1-5-2-3-11-7(9-5)4-6(8)10-11/h2-4H,1H3,(H2,8,10). The summed E-state index contributed by atoms with van der Waals surface area (Å²) >= 11 is 0. The van der Waals surface area contributed by atoms with Crippen LogP contribution in [0.15, 0.2) is 18.3 Å². The van der Waals surface area contributed by atoms with Crippen molar-refractivity contribution in [2.75, 3.05) is 5.73 Å². The van der Waals surface area contributed by atoms with Crippen molar-refractivity contribution >= 4 is 11.5 Å². The molecule has 0 aliphatic heterocycles. The van der Waals surface area contributed by atoms with E-state index in [2.05, 4.69) is 10.1 Å². The molecule has 0 unspecified atom stereocenters. The predicted molar refractivity (Wildman–Crippen MR) is 42.1 cm³/mol. The molecule has 0 aliphatic rings. The van der Waals surface area contributed by atoms with Crippen molar-refractivity contribution in [1.29, 1.82) is 0 Å². The Bertz CT molecular complexity index is 390. The monoisotopic (exact) mass is 148 g/mol. The first-order chi connectivity index (χ1) is 5.25. The summed E-state index contributed by atoms with van der Waals surface area (Å²) in [6, 6.07) is 3.63. The van der Waals surface area contributed by atoms with E-state index in [1.165, 1.54) is 0 Å². The van der Waals surface area contributed by atoms with E-state index in [4.69, 9.17) is 5.73 Å². The molecule has 2 rings (SSSR count). The summed E-state index contributed by atoms with van der Waals surface area (Å²) in [6.45, 7) is 1.93. The lowest BCUT2D eigenvalue weighted by molar-refractivity contribution is 0.935. The van der Waals surface area contributed by atoms with E-state index in [0.29, 0.717) is 5.82 Å². The third-order valence-electron chi connectivity index (χ3n) is 1.48. The topological polar surface area (TPSA) is 56.2 Å². The lowest BCUT2D eigenvalue weighted by atomic mass is 10.4. The van der Waals surface area contributed by atoms with Crippen LogP contribution in [0.5, 0.6) is 0 Å². The van der Waals surface area contributed by atoms with E-state index < -0.39 is 0 Å². The second-order valence-corrected chi connectivity index (χ2v) is 2.44. The highest BCUT2D eigenvalue weighted by atomic mass is 15.3. The minimum absolute atomic E-state index is 0.503. The van der Waals surface area contributed by atoms with E-state index in [0.717, 1.165) is 11.3 Å². The molecular formula is C7H8N4. The minimum Gasteiger partial charge on any atom is -0.382 e. The Balaban J connectivity index is 2.82. The van der Waals surface area contributed by atoms with Crippen LogP contribution in [-0.2, 0) is 0 Å². The fourth-order valence-electron chi connectivity index (χ4n) is 0.993. The largest absolute Gasteiger partial charge is 0.382 e. The number of rotatable bonds is 0. The third kappa shape index (κ3) is 0.920. The van der Waals surface area contributed by atoms with Gasteiger partial charge in [0, 0.05) is 18.0 Å². The second kappa shape index (κ2) is 1.95. The number of aryl methyl sites for hydroxylation is 1. The van der Waals surface area contributed by atoms with E-state index in [1.54, 1.807) is 10.6 Å². The Kier molecular flexibility index (Phi) is 1.09. The third-order valence-corrected chi connectivity index (χ3v) is 1.48. The maximum Gasteiger partial charge on any atom is 0.157 e. The van der Waals surface area contributed by atoms with Crippen LogP contribution < -0.4 is 5.73 Å². The van der Waals surface area contributed by atoms with Crippen LogP contribution >= 0.6 is 0 Å². The summed E-state index contributed by atoms with van der Waals surface area (Å²) in [4.78, 5) is 4.22. The Morgan fingerprint density at radius 3 is 3.18 bits per heavy atom. The Hall–Kier alpha value is -1.58.